The van der Waals surface area contributed by atoms with Gasteiger partial charge >= 0.3 is 0 Å². The Morgan fingerprint density at radius 3 is 3.15 bits per heavy atom. The van der Waals surface area contributed by atoms with Crippen LogP contribution in [0.25, 0.3) is 0 Å². The summed E-state index contributed by atoms with van der Waals surface area (Å²) >= 11 is 3.45. The van der Waals surface area contributed by atoms with Crippen molar-refractivity contribution >= 4 is 23.1 Å². The topological polar surface area (TPSA) is 26.0 Å². The second-order valence-corrected chi connectivity index (χ2v) is 4.55. The third-order valence-electron chi connectivity index (χ3n) is 1.65. The lowest BCUT2D eigenvalue weighted by Crippen LogP contribution is -1.77. The minimum absolute atomic E-state index is 0.929. The number of thioether (sulfide) groups is 1. The van der Waals surface area contributed by atoms with E-state index in [1.807, 2.05) is 24.6 Å². The summed E-state index contributed by atoms with van der Waals surface area (Å²) in [5, 5.41) is 3.16. The second kappa shape index (κ2) is 3.98. The number of furan rings is 1. The maximum atomic E-state index is 5.20. The highest BCUT2D eigenvalue weighted by molar-refractivity contribution is 7.98. The molecule has 4 heteroatoms. The summed E-state index contributed by atoms with van der Waals surface area (Å²) < 4.78 is 5.20. The molecule has 2 aromatic rings. The van der Waals surface area contributed by atoms with Gasteiger partial charge in [-0.3, -0.25) is 0 Å². The van der Waals surface area contributed by atoms with Crippen molar-refractivity contribution in [2.45, 2.75) is 17.6 Å². The van der Waals surface area contributed by atoms with E-state index in [2.05, 4.69) is 4.98 Å². The molecule has 0 bridgehead atoms. The molecule has 0 radical (unpaired) electrons. The first-order valence-corrected chi connectivity index (χ1v) is 5.78. The van der Waals surface area contributed by atoms with Crippen LogP contribution in [-0.4, -0.2) is 4.98 Å². The maximum absolute atomic E-state index is 5.20. The molecule has 0 saturated carbocycles. The minimum atomic E-state index is 0.929. The first-order valence-electron chi connectivity index (χ1n) is 3.91. The Morgan fingerprint density at radius 1 is 1.62 bits per heavy atom. The SMILES string of the molecule is Cc1occc1SCc1nccs1. The van der Waals surface area contributed by atoms with Crippen LogP contribution in [0.1, 0.15) is 10.8 Å². The Bertz CT molecular complexity index is 367. The molecular formula is C9H9NOS2. The fraction of sp³-hybridized carbons (Fsp3) is 0.222. The molecule has 68 valence electrons. The molecule has 0 saturated heterocycles. The Labute approximate surface area is 85.0 Å². The Kier molecular flexibility index (Phi) is 2.71. The van der Waals surface area contributed by atoms with Crippen LogP contribution in [0.5, 0.6) is 0 Å². The lowest BCUT2D eigenvalue weighted by atomic mass is 10.5. The lowest BCUT2D eigenvalue weighted by molar-refractivity contribution is 0.527. The van der Waals surface area contributed by atoms with Gasteiger partial charge in [0.2, 0.25) is 0 Å². The van der Waals surface area contributed by atoms with Gasteiger partial charge in [-0.2, -0.15) is 0 Å². The number of thiazole rings is 1. The highest BCUT2D eigenvalue weighted by Crippen LogP contribution is 2.26. The zero-order chi connectivity index (χ0) is 9.10. The molecule has 0 unspecified atom stereocenters. The molecule has 0 amide bonds. The predicted molar refractivity (Wildman–Crippen MR) is 55.1 cm³/mol. The van der Waals surface area contributed by atoms with E-state index < -0.39 is 0 Å². The van der Waals surface area contributed by atoms with Gasteiger partial charge in [-0.05, 0) is 13.0 Å². The molecular weight excluding hydrogens is 202 g/mol. The standard InChI is InChI=1S/C9H9NOS2/c1-7-8(2-4-11-7)13-6-9-10-3-5-12-9/h2-5H,6H2,1H3. The highest BCUT2D eigenvalue weighted by Gasteiger charge is 2.03. The Balaban J connectivity index is 1.97. The molecule has 0 fully saturated rings. The summed E-state index contributed by atoms with van der Waals surface area (Å²) in [6.45, 7) is 1.98. The molecule has 13 heavy (non-hydrogen) atoms. The number of hydrogen-bond donors (Lipinski definition) is 0. The summed E-state index contributed by atoms with van der Waals surface area (Å²) in [6.07, 6.45) is 3.56. The van der Waals surface area contributed by atoms with E-state index in [-0.39, 0.29) is 0 Å². The van der Waals surface area contributed by atoms with E-state index in [0.717, 1.165) is 16.5 Å². The first kappa shape index (κ1) is 8.84. The van der Waals surface area contributed by atoms with Gasteiger partial charge in [0.15, 0.2) is 0 Å². The predicted octanol–water partition coefficient (Wildman–Crippen LogP) is 3.34. The summed E-state index contributed by atoms with van der Waals surface area (Å²) in [4.78, 5) is 5.42. The smallest absolute Gasteiger partial charge is 0.114 e. The van der Waals surface area contributed by atoms with Gasteiger partial charge in [0, 0.05) is 16.5 Å². The van der Waals surface area contributed by atoms with Gasteiger partial charge in [-0.25, -0.2) is 4.98 Å². The van der Waals surface area contributed by atoms with Crippen LogP contribution in [0, 0.1) is 6.92 Å². The zero-order valence-electron chi connectivity index (χ0n) is 7.19. The van der Waals surface area contributed by atoms with Crippen LogP contribution in [0.3, 0.4) is 0 Å². The van der Waals surface area contributed by atoms with Crippen LogP contribution in [0.15, 0.2) is 33.2 Å². The van der Waals surface area contributed by atoms with E-state index in [1.165, 1.54) is 4.90 Å². The Hall–Kier alpha value is -0.740. The molecule has 0 spiro atoms. The van der Waals surface area contributed by atoms with E-state index in [4.69, 9.17) is 4.42 Å². The van der Waals surface area contributed by atoms with Crippen LogP contribution >= 0.6 is 23.1 Å². The van der Waals surface area contributed by atoms with Gasteiger partial charge in [0.25, 0.3) is 0 Å². The molecule has 0 aliphatic heterocycles. The van der Waals surface area contributed by atoms with Crippen molar-refractivity contribution in [3.63, 3.8) is 0 Å². The molecule has 0 aliphatic rings. The monoisotopic (exact) mass is 211 g/mol. The van der Waals surface area contributed by atoms with Gasteiger partial charge in [-0.15, -0.1) is 23.1 Å². The molecule has 0 aromatic carbocycles. The molecule has 2 nitrogen and oxygen atoms in total. The lowest BCUT2D eigenvalue weighted by Gasteiger charge is -1.95. The van der Waals surface area contributed by atoms with Crippen molar-refractivity contribution in [2.75, 3.05) is 0 Å². The van der Waals surface area contributed by atoms with Crippen LogP contribution in [-0.2, 0) is 5.75 Å². The van der Waals surface area contributed by atoms with Gasteiger partial charge in [-0.1, -0.05) is 0 Å². The zero-order valence-corrected chi connectivity index (χ0v) is 8.82. The molecule has 2 heterocycles. The number of aromatic nitrogens is 1. The van der Waals surface area contributed by atoms with E-state index in [1.54, 1.807) is 29.4 Å². The van der Waals surface area contributed by atoms with Crippen LogP contribution < -0.4 is 0 Å². The third-order valence-corrected chi connectivity index (χ3v) is 3.76. The fourth-order valence-corrected chi connectivity index (χ4v) is 2.59. The molecule has 0 atom stereocenters. The average Bonchev–Trinajstić information content (AvgIpc) is 2.72. The van der Waals surface area contributed by atoms with E-state index in [0.29, 0.717) is 0 Å². The maximum Gasteiger partial charge on any atom is 0.114 e. The summed E-state index contributed by atoms with van der Waals surface area (Å²) in [5.74, 6) is 1.92. The summed E-state index contributed by atoms with van der Waals surface area (Å²) in [7, 11) is 0. The minimum Gasteiger partial charge on any atom is -0.468 e. The molecule has 2 aromatic heterocycles. The largest absolute Gasteiger partial charge is 0.468 e. The number of hydrogen-bond acceptors (Lipinski definition) is 4. The molecule has 0 aliphatic carbocycles. The van der Waals surface area contributed by atoms with Crippen molar-refractivity contribution in [2.24, 2.45) is 0 Å². The van der Waals surface area contributed by atoms with Crippen molar-refractivity contribution in [1.82, 2.24) is 4.98 Å². The van der Waals surface area contributed by atoms with Crippen molar-refractivity contribution in [3.8, 4) is 0 Å². The number of nitrogens with zero attached hydrogens (tertiary/aromatic N) is 1. The van der Waals surface area contributed by atoms with Crippen molar-refractivity contribution in [1.29, 1.82) is 0 Å². The second-order valence-electron chi connectivity index (χ2n) is 2.56. The fourth-order valence-electron chi connectivity index (χ4n) is 0.987. The van der Waals surface area contributed by atoms with Crippen LogP contribution in [0.4, 0.5) is 0 Å². The Morgan fingerprint density at radius 2 is 2.54 bits per heavy atom. The number of rotatable bonds is 3. The summed E-state index contributed by atoms with van der Waals surface area (Å²) in [6, 6.07) is 1.99. The molecule has 2 rings (SSSR count). The third kappa shape index (κ3) is 2.14. The van der Waals surface area contributed by atoms with Gasteiger partial charge in [0.05, 0.1) is 12.0 Å². The van der Waals surface area contributed by atoms with Gasteiger partial charge in [0.1, 0.15) is 10.8 Å². The van der Waals surface area contributed by atoms with E-state index >= 15 is 0 Å². The van der Waals surface area contributed by atoms with Crippen LogP contribution in [0.2, 0.25) is 0 Å². The first-order chi connectivity index (χ1) is 6.36. The van der Waals surface area contributed by atoms with Crippen molar-refractivity contribution < 1.29 is 4.42 Å². The summed E-state index contributed by atoms with van der Waals surface area (Å²) in [5.41, 5.74) is 0. The van der Waals surface area contributed by atoms with Crippen molar-refractivity contribution in [3.05, 3.63) is 34.7 Å². The quantitative estimate of drug-likeness (QED) is 0.728. The highest BCUT2D eigenvalue weighted by atomic mass is 32.2. The normalized spacial score (nSPS) is 10.5. The van der Waals surface area contributed by atoms with E-state index in [9.17, 15) is 0 Å². The molecule has 0 N–H and O–H groups in total. The van der Waals surface area contributed by atoms with Gasteiger partial charge < -0.3 is 4.42 Å². The average molecular weight is 211 g/mol. The number of aryl methyl sites for hydroxylation is 1.